The summed E-state index contributed by atoms with van der Waals surface area (Å²) in [6, 6.07) is -1.13. The highest BCUT2D eigenvalue weighted by Crippen LogP contribution is 2.15. The van der Waals surface area contributed by atoms with Crippen molar-refractivity contribution in [2.75, 3.05) is 5.75 Å². The number of aliphatic hydroxyl groups excluding tert-OH is 2. The predicted molar refractivity (Wildman–Crippen MR) is 149 cm³/mol. The zero-order valence-electron chi connectivity index (χ0n) is 23.3. The van der Waals surface area contributed by atoms with Crippen molar-refractivity contribution in [2.45, 2.75) is 167 Å². The maximum absolute atomic E-state index is 12.4. The molecule has 0 bridgehead atoms. The second kappa shape index (κ2) is 23.4. The van der Waals surface area contributed by atoms with Gasteiger partial charge in [0.15, 0.2) is 0 Å². The molecule has 0 heterocycles. The van der Waals surface area contributed by atoms with Gasteiger partial charge in [0.05, 0.1) is 17.9 Å². The van der Waals surface area contributed by atoms with E-state index in [0.717, 1.165) is 44.9 Å². The van der Waals surface area contributed by atoms with Gasteiger partial charge in [0.2, 0.25) is 5.91 Å². The van der Waals surface area contributed by atoms with Crippen molar-refractivity contribution in [3.05, 3.63) is 0 Å². The number of carbonyl (C=O) groups excluding carboxylic acids is 1. The van der Waals surface area contributed by atoms with Gasteiger partial charge in [-0.05, 0) is 12.8 Å². The second-order valence-corrected chi connectivity index (χ2v) is 12.0. The van der Waals surface area contributed by atoms with E-state index in [0.29, 0.717) is 19.3 Å². The zero-order chi connectivity index (χ0) is 27.1. The van der Waals surface area contributed by atoms with Gasteiger partial charge in [-0.3, -0.25) is 9.35 Å². The van der Waals surface area contributed by atoms with Crippen molar-refractivity contribution < 1.29 is 28.0 Å². The summed E-state index contributed by atoms with van der Waals surface area (Å²) < 4.78 is 32.0. The van der Waals surface area contributed by atoms with Crippen LogP contribution in [0.1, 0.15) is 149 Å². The first-order chi connectivity index (χ1) is 17.2. The molecule has 1 amide bonds. The second-order valence-electron chi connectivity index (χ2n) is 10.5. The molecule has 3 unspecified atom stereocenters. The Bertz CT molecular complexity index is 613. The highest BCUT2D eigenvalue weighted by Gasteiger charge is 2.28. The van der Waals surface area contributed by atoms with Crippen LogP contribution in [-0.4, -0.2) is 53.1 Å². The fraction of sp³-hybridized carbons (Fsp3) is 0.964. The maximum Gasteiger partial charge on any atom is 0.266 e. The van der Waals surface area contributed by atoms with E-state index in [2.05, 4.69) is 19.2 Å². The van der Waals surface area contributed by atoms with Gasteiger partial charge in [0, 0.05) is 0 Å². The molecule has 0 rings (SSSR count). The van der Waals surface area contributed by atoms with Crippen molar-refractivity contribution in [1.82, 2.24) is 5.32 Å². The first kappa shape index (κ1) is 35.3. The summed E-state index contributed by atoms with van der Waals surface area (Å²) in [5.41, 5.74) is 0. The highest BCUT2D eigenvalue weighted by atomic mass is 32.2. The standard InChI is InChI=1S/C28H57NO6S/c1-3-5-7-9-11-12-13-14-15-16-17-19-21-23-27(31)28(32)29-25(24-36(33,34)35)26(30)22-20-18-10-8-6-4-2/h25-27,30-31H,3-24H2,1-2H3,(H,29,32)(H,33,34,35). The number of amides is 1. The van der Waals surface area contributed by atoms with Crippen LogP contribution in [0.2, 0.25) is 0 Å². The van der Waals surface area contributed by atoms with Crippen LogP contribution in [-0.2, 0) is 14.9 Å². The molecule has 0 spiro atoms. The van der Waals surface area contributed by atoms with Crippen LogP contribution in [0.5, 0.6) is 0 Å². The van der Waals surface area contributed by atoms with E-state index in [-0.39, 0.29) is 0 Å². The minimum absolute atomic E-state index is 0.301. The largest absolute Gasteiger partial charge is 0.391 e. The molecule has 36 heavy (non-hydrogen) atoms. The lowest BCUT2D eigenvalue weighted by Crippen LogP contribution is -2.50. The molecule has 7 nitrogen and oxygen atoms in total. The Balaban J connectivity index is 4.09. The molecule has 0 aromatic carbocycles. The van der Waals surface area contributed by atoms with Crippen LogP contribution in [0.3, 0.4) is 0 Å². The summed E-state index contributed by atoms with van der Waals surface area (Å²) in [7, 11) is -4.38. The van der Waals surface area contributed by atoms with Crippen LogP contribution in [0.25, 0.3) is 0 Å². The normalized spacial score (nSPS) is 14.5. The van der Waals surface area contributed by atoms with Crippen LogP contribution >= 0.6 is 0 Å². The van der Waals surface area contributed by atoms with Crippen LogP contribution in [0.15, 0.2) is 0 Å². The van der Waals surface area contributed by atoms with Crippen LogP contribution in [0, 0.1) is 0 Å². The van der Waals surface area contributed by atoms with E-state index in [1.165, 1.54) is 70.6 Å². The van der Waals surface area contributed by atoms with Crippen LogP contribution in [0.4, 0.5) is 0 Å². The Morgan fingerprint density at radius 3 is 1.39 bits per heavy atom. The van der Waals surface area contributed by atoms with Crippen LogP contribution < -0.4 is 5.32 Å². The monoisotopic (exact) mass is 535 g/mol. The molecule has 4 N–H and O–H groups in total. The van der Waals surface area contributed by atoms with Gasteiger partial charge in [-0.15, -0.1) is 0 Å². The molecule has 216 valence electrons. The zero-order valence-corrected chi connectivity index (χ0v) is 24.1. The van der Waals surface area contributed by atoms with Gasteiger partial charge in [0.25, 0.3) is 10.1 Å². The third-order valence-electron chi connectivity index (χ3n) is 6.92. The van der Waals surface area contributed by atoms with E-state index < -0.39 is 40.0 Å². The topological polar surface area (TPSA) is 124 Å². The smallest absolute Gasteiger partial charge is 0.266 e. The Morgan fingerprint density at radius 2 is 1.00 bits per heavy atom. The molecule has 0 aliphatic rings. The predicted octanol–water partition coefficient (Wildman–Crippen LogP) is 6.31. The maximum atomic E-state index is 12.4. The molecule has 0 aliphatic carbocycles. The first-order valence-electron chi connectivity index (χ1n) is 14.8. The minimum atomic E-state index is -4.38. The Kier molecular flexibility index (Phi) is 23.0. The fourth-order valence-electron chi connectivity index (χ4n) is 4.58. The Labute approximate surface area is 222 Å². The third-order valence-corrected chi connectivity index (χ3v) is 7.70. The highest BCUT2D eigenvalue weighted by molar-refractivity contribution is 7.85. The minimum Gasteiger partial charge on any atom is -0.391 e. The fourth-order valence-corrected chi connectivity index (χ4v) is 5.34. The third kappa shape index (κ3) is 22.5. The molecular formula is C28H57NO6S. The molecule has 0 aliphatic heterocycles. The van der Waals surface area contributed by atoms with E-state index in [1.54, 1.807) is 0 Å². The lowest BCUT2D eigenvalue weighted by molar-refractivity contribution is -0.131. The first-order valence-corrected chi connectivity index (χ1v) is 16.4. The summed E-state index contributed by atoms with van der Waals surface area (Å²) in [6.07, 6.45) is 20.2. The molecule has 0 radical (unpaired) electrons. The lowest BCUT2D eigenvalue weighted by atomic mass is 10.0. The van der Waals surface area contributed by atoms with Crippen molar-refractivity contribution in [3.63, 3.8) is 0 Å². The number of rotatable bonds is 26. The number of hydrogen-bond donors (Lipinski definition) is 4. The van der Waals surface area contributed by atoms with E-state index >= 15 is 0 Å². The van der Waals surface area contributed by atoms with Gasteiger partial charge in [-0.1, -0.05) is 136 Å². The molecule has 0 aromatic heterocycles. The number of carbonyl (C=O) groups is 1. The average molecular weight is 536 g/mol. The number of aliphatic hydroxyl groups is 2. The molecule has 0 aromatic rings. The van der Waals surface area contributed by atoms with Gasteiger partial charge in [-0.2, -0.15) is 8.42 Å². The number of nitrogens with one attached hydrogen (secondary N) is 1. The SMILES string of the molecule is CCCCCCCCCCCCCCCC(O)C(=O)NC(CS(=O)(=O)O)C(O)CCCCCCCC. The summed E-state index contributed by atoms with van der Waals surface area (Å²) in [5.74, 6) is -1.45. The van der Waals surface area contributed by atoms with Gasteiger partial charge >= 0.3 is 0 Å². The number of unbranched alkanes of at least 4 members (excludes halogenated alkanes) is 17. The molecule has 8 heteroatoms. The van der Waals surface area contributed by atoms with Gasteiger partial charge in [0.1, 0.15) is 6.10 Å². The Hall–Kier alpha value is -0.700. The van der Waals surface area contributed by atoms with Crippen molar-refractivity contribution in [2.24, 2.45) is 0 Å². The summed E-state index contributed by atoms with van der Waals surface area (Å²) >= 11 is 0. The van der Waals surface area contributed by atoms with E-state index in [1.807, 2.05) is 0 Å². The van der Waals surface area contributed by atoms with Gasteiger partial charge in [-0.25, -0.2) is 0 Å². The van der Waals surface area contributed by atoms with Gasteiger partial charge < -0.3 is 15.5 Å². The summed E-state index contributed by atoms with van der Waals surface area (Å²) in [4.78, 5) is 12.4. The number of hydrogen-bond acceptors (Lipinski definition) is 5. The van der Waals surface area contributed by atoms with E-state index in [4.69, 9.17) is 0 Å². The quantitative estimate of drug-likeness (QED) is 0.0760. The van der Waals surface area contributed by atoms with E-state index in [9.17, 15) is 28.0 Å². The van der Waals surface area contributed by atoms with Crippen molar-refractivity contribution in [3.8, 4) is 0 Å². The molecule has 3 atom stereocenters. The molecule has 0 fully saturated rings. The van der Waals surface area contributed by atoms with Crippen molar-refractivity contribution in [1.29, 1.82) is 0 Å². The molecule has 0 saturated carbocycles. The molecule has 0 saturated heterocycles. The molecular weight excluding hydrogens is 478 g/mol. The Morgan fingerprint density at radius 1 is 0.639 bits per heavy atom. The summed E-state index contributed by atoms with van der Waals surface area (Å²) in [6.45, 7) is 4.38. The average Bonchev–Trinajstić information content (AvgIpc) is 2.82. The lowest BCUT2D eigenvalue weighted by Gasteiger charge is -2.24. The summed E-state index contributed by atoms with van der Waals surface area (Å²) in [5, 5.41) is 23.1. The van der Waals surface area contributed by atoms with Crippen molar-refractivity contribution >= 4 is 16.0 Å².